The maximum Gasteiger partial charge on any atom is 0.245 e. The molecule has 2 aliphatic heterocycles. The topological polar surface area (TPSA) is 49.3 Å². The number of hydrogen-bond donors (Lipinski definition) is 0. The van der Waals surface area contributed by atoms with Crippen molar-refractivity contribution in [1.29, 1.82) is 0 Å². The van der Waals surface area contributed by atoms with Crippen molar-refractivity contribution >= 4 is 34.0 Å². The van der Waals surface area contributed by atoms with E-state index in [1.165, 1.54) is 10.4 Å². The lowest BCUT2D eigenvalue weighted by atomic mass is 10.1. The molecule has 5 rings (SSSR count). The highest BCUT2D eigenvalue weighted by Gasteiger charge is 2.36. The number of hydrogen-bond acceptors (Lipinski definition) is 5. The molecule has 3 aromatic rings. The van der Waals surface area contributed by atoms with Gasteiger partial charge < -0.3 is 9.80 Å². The summed E-state index contributed by atoms with van der Waals surface area (Å²) < 4.78 is 0. The van der Waals surface area contributed by atoms with E-state index in [9.17, 15) is 4.79 Å². The van der Waals surface area contributed by atoms with Crippen LogP contribution in [0.5, 0.6) is 0 Å². The van der Waals surface area contributed by atoms with Gasteiger partial charge in [0.1, 0.15) is 18.2 Å². The predicted octanol–water partition coefficient (Wildman–Crippen LogP) is 3.25. The normalized spacial score (nSPS) is 19.8. The Bertz CT molecular complexity index is 964. The van der Waals surface area contributed by atoms with Gasteiger partial charge in [-0.15, -0.1) is 11.3 Å². The molecule has 0 radical (unpaired) electrons. The first-order valence-corrected chi connectivity index (χ1v) is 9.99. The van der Waals surface area contributed by atoms with Crippen molar-refractivity contribution in [2.24, 2.45) is 0 Å². The van der Waals surface area contributed by atoms with Crippen LogP contribution in [0, 0.1) is 0 Å². The summed E-state index contributed by atoms with van der Waals surface area (Å²) in [6, 6.07) is 10.1. The summed E-state index contributed by atoms with van der Waals surface area (Å²) >= 11 is 1.80. The Morgan fingerprint density at radius 1 is 1.15 bits per heavy atom. The molecule has 6 heteroatoms. The number of carbonyl (C=O) groups is 1. The van der Waals surface area contributed by atoms with Gasteiger partial charge in [-0.2, -0.15) is 0 Å². The molecule has 132 valence electrons. The number of para-hydroxylation sites is 1. The second-order valence-electron chi connectivity index (χ2n) is 6.94. The molecule has 1 fully saturated rings. The minimum absolute atomic E-state index is 0.117. The lowest BCUT2D eigenvalue weighted by Gasteiger charge is -2.33. The summed E-state index contributed by atoms with van der Waals surface area (Å²) in [6.07, 6.45) is 4.49. The standard InChI is InChI=1S/C20H20N4OS/c25-20(23-10-7-18-14(12-23)8-11-26-18)17-6-3-9-24(17)19-15-4-1-2-5-16(15)21-13-22-19/h1-2,4-5,8,11,13,17H,3,6-7,9-10,12H2/t17-/m1/s1. The van der Waals surface area contributed by atoms with E-state index in [1.54, 1.807) is 17.7 Å². The highest BCUT2D eigenvalue weighted by Crippen LogP contribution is 2.32. The Labute approximate surface area is 156 Å². The molecule has 0 spiro atoms. The Morgan fingerprint density at radius 2 is 2.08 bits per heavy atom. The zero-order valence-electron chi connectivity index (χ0n) is 14.5. The van der Waals surface area contributed by atoms with Gasteiger partial charge in [0.15, 0.2) is 0 Å². The Hall–Kier alpha value is -2.47. The smallest absolute Gasteiger partial charge is 0.245 e. The molecule has 5 nitrogen and oxygen atoms in total. The quantitative estimate of drug-likeness (QED) is 0.700. The van der Waals surface area contributed by atoms with Crippen molar-refractivity contribution < 1.29 is 4.79 Å². The van der Waals surface area contributed by atoms with Crippen molar-refractivity contribution in [3.63, 3.8) is 0 Å². The molecule has 2 aromatic heterocycles. The molecule has 0 unspecified atom stereocenters. The van der Waals surface area contributed by atoms with E-state index < -0.39 is 0 Å². The third-order valence-electron chi connectivity index (χ3n) is 5.45. The van der Waals surface area contributed by atoms with Crippen molar-refractivity contribution in [2.75, 3.05) is 18.0 Å². The average molecular weight is 364 g/mol. The van der Waals surface area contributed by atoms with Gasteiger partial charge in [0, 0.05) is 29.9 Å². The summed E-state index contributed by atoms with van der Waals surface area (Å²) in [4.78, 5) is 27.8. The Morgan fingerprint density at radius 3 is 3.04 bits per heavy atom. The monoisotopic (exact) mass is 364 g/mol. The first-order valence-electron chi connectivity index (χ1n) is 9.12. The van der Waals surface area contributed by atoms with Gasteiger partial charge in [-0.3, -0.25) is 4.79 Å². The van der Waals surface area contributed by atoms with E-state index in [0.29, 0.717) is 0 Å². The molecule has 0 saturated carbocycles. The van der Waals surface area contributed by atoms with Crippen LogP contribution in [-0.2, 0) is 17.8 Å². The number of amides is 1. The van der Waals surface area contributed by atoms with Crippen LogP contribution in [0.15, 0.2) is 42.0 Å². The number of aromatic nitrogens is 2. The minimum Gasteiger partial charge on any atom is -0.344 e. The maximum absolute atomic E-state index is 13.3. The van der Waals surface area contributed by atoms with Crippen LogP contribution in [0.4, 0.5) is 5.82 Å². The summed E-state index contributed by atoms with van der Waals surface area (Å²) in [5.41, 5.74) is 2.24. The van der Waals surface area contributed by atoms with Crippen molar-refractivity contribution in [3.05, 3.63) is 52.5 Å². The van der Waals surface area contributed by atoms with Gasteiger partial charge in [-0.1, -0.05) is 12.1 Å². The molecule has 1 amide bonds. The largest absolute Gasteiger partial charge is 0.344 e. The van der Waals surface area contributed by atoms with Gasteiger partial charge in [-0.05, 0) is 48.4 Å². The summed E-state index contributed by atoms with van der Waals surface area (Å²) in [5, 5.41) is 3.15. The molecule has 1 aromatic carbocycles. The summed E-state index contributed by atoms with van der Waals surface area (Å²) in [5.74, 6) is 1.13. The van der Waals surface area contributed by atoms with E-state index in [2.05, 4.69) is 26.3 Å². The number of benzene rings is 1. The van der Waals surface area contributed by atoms with Crippen LogP contribution < -0.4 is 4.90 Å². The number of nitrogens with zero attached hydrogens (tertiary/aromatic N) is 4. The van der Waals surface area contributed by atoms with Crippen LogP contribution in [0.3, 0.4) is 0 Å². The second kappa shape index (κ2) is 6.36. The van der Waals surface area contributed by atoms with Crippen molar-refractivity contribution in [3.8, 4) is 0 Å². The molecule has 0 aliphatic carbocycles. The van der Waals surface area contributed by atoms with E-state index in [-0.39, 0.29) is 11.9 Å². The third kappa shape index (κ3) is 2.56. The fourth-order valence-corrected chi connectivity index (χ4v) is 5.03. The zero-order chi connectivity index (χ0) is 17.5. The Kier molecular flexibility index (Phi) is 3.85. The van der Waals surface area contributed by atoms with E-state index in [0.717, 1.165) is 55.6 Å². The molecule has 1 saturated heterocycles. The van der Waals surface area contributed by atoms with Crippen LogP contribution in [0.2, 0.25) is 0 Å². The molecule has 4 heterocycles. The first-order chi connectivity index (χ1) is 12.8. The number of carbonyl (C=O) groups excluding carboxylic acids is 1. The lowest BCUT2D eigenvalue weighted by Crippen LogP contribution is -2.47. The van der Waals surface area contributed by atoms with Gasteiger partial charge in [-0.25, -0.2) is 9.97 Å². The highest BCUT2D eigenvalue weighted by atomic mass is 32.1. The van der Waals surface area contributed by atoms with Gasteiger partial charge in [0.2, 0.25) is 5.91 Å². The third-order valence-corrected chi connectivity index (χ3v) is 6.47. The summed E-state index contributed by atoms with van der Waals surface area (Å²) in [6.45, 7) is 2.43. The molecular formula is C20H20N4OS. The fourth-order valence-electron chi connectivity index (χ4n) is 4.14. The Balaban J connectivity index is 1.45. The van der Waals surface area contributed by atoms with Crippen LogP contribution >= 0.6 is 11.3 Å². The zero-order valence-corrected chi connectivity index (χ0v) is 15.3. The van der Waals surface area contributed by atoms with E-state index in [1.807, 2.05) is 29.2 Å². The van der Waals surface area contributed by atoms with E-state index in [4.69, 9.17) is 0 Å². The average Bonchev–Trinajstić information content (AvgIpc) is 3.35. The van der Waals surface area contributed by atoms with Crippen LogP contribution in [0.1, 0.15) is 23.3 Å². The number of thiophene rings is 1. The second-order valence-corrected chi connectivity index (χ2v) is 7.95. The van der Waals surface area contributed by atoms with Crippen molar-refractivity contribution in [2.45, 2.75) is 31.8 Å². The summed E-state index contributed by atoms with van der Waals surface area (Å²) in [7, 11) is 0. The predicted molar refractivity (Wildman–Crippen MR) is 103 cm³/mol. The van der Waals surface area contributed by atoms with Gasteiger partial charge >= 0.3 is 0 Å². The van der Waals surface area contributed by atoms with E-state index >= 15 is 0 Å². The van der Waals surface area contributed by atoms with Crippen LogP contribution in [0.25, 0.3) is 10.9 Å². The van der Waals surface area contributed by atoms with Gasteiger partial charge in [0.05, 0.1) is 5.52 Å². The molecule has 1 atom stereocenters. The minimum atomic E-state index is -0.117. The number of rotatable bonds is 2. The fraction of sp³-hybridized carbons (Fsp3) is 0.350. The molecule has 2 aliphatic rings. The SMILES string of the molecule is O=C([C@H]1CCCN1c1ncnc2ccccc12)N1CCc2sccc2C1. The highest BCUT2D eigenvalue weighted by molar-refractivity contribution is 7.10. The van der Waals surface area contributed by atoms with Gasteiger partial charge in [0.25, 0.3) is 0 Å². The molecular weight excluding hydrogens is 344 g/mol. The number of fused-ring (bicyclic) bond motifs is 2. The number of anilines is 1. The van der Waals surface area contributed by atoms with Crippen LogP contribution in [-0.4, -0.2) is 39.9 Å². The molecule has 26 heavy (non-hydrogen) atoms. The first kappa shape index (κ1) is 15.8. The molecule has 0 bridgehead atoms. The van der Waals surface area contributed by atoms with Crippen molar-refractivity contribution in [1.82, 2.24) is 14.9 Å². The molecule has 0 N–H and O–H groups in total. The maximum atomic E-state index is 13.3. The lowest BCUT2D eigenvalue weighted by molar-refractivity contribution is -0.133.